The molecule has 0 fully saturated rings. The Morgan fingerprint density at radius 3 is 1.52 bits per heavy atom. The molecule has 2 amide bonds. The fourth-order valence-corrected chi connectivity index (χ4v) is 11.4. The largest absolute Gasteiger partial charge is 0.416 e. The van der Waals surface area contributed by atoms with Gasteiger partial charge in [0.05, 0.1) is 37.2 Å². The number of hydrogen-bond acceptors (Lipinski definition) is 10. The van der Waals surface area contributed by atoms with Crippen molar-refractivity contribution >= 4 is 35.3 Å². The number of aromatic nitrogens is 4. The number of rotatable bonds is 26. The third-order valence-corrected chi connectivity index (χ3v) is 16.4. The van der Waals surface area contributed by atoms with E-state index in [9.17, 15) is 59.8 Å². The molecule has 0 saturated heterocycles. The maximum absolute atomic E-state index is 14.8. The second-order valence-corrected chi connectivity index (χ2v) is 22.7. The first-order valence-corrected chi connectivity index (χ1v) is 31.0. The SMILES string of the molecule is [2H]c1c([2H])c(CSc2nc(=O)c3c(n2CC(=O)N(CCN(C([2H])([2H])C)C([2H])([2H])C)C([2H])([2H])c2c([2H])c([2H])c(-c4c([2H])c([2H])c(C(F)(F)F)c(C)c4[2H])c([2H])c2[2H])CCC3)c([2H])c([2H])c1F.[2H]c1c([2H])c(CSc2nc(=O)c3c(n2CC(=O)N(CCN(C([2H])([2H])C)C([2H])([2H])C)C([2H])([2H])c2ccc(-c4ccc(C(F)(F)F)cc4)cc2)C([2H])([2H])C([2H])(C)C3([2H])[2H])c([2H])c([2H])c1F. The number of carbonyl (C=O) groups excluding carboxylic acids is 2. The zero-order valence-electron chi connectivity index (χ0n) is 83.9. The van der Waals surface area contributed by atoms with Crippen LogP contribution in [0.2, 0.25) is 0 Å². The van der Waals surface area contributed by atoms with E-state index >= 15 is 0 Å². The molecule has 1 atom stereocenters. The van der Waals surface area contributed by atoms with Crippen LogP contribution >= 0.6 is 23.5 Å². The maximum atomic E-state index is 14.8. The van der Waals surface area contributed by atoms with E-state index in [1.54, 1.807) is 0 Å². The zero-order valence-corrected chi connectivity index (χ0v) is 53.6. The van der Waals surface area contributed by atoms with E-state index in [1.807, 2.05) is 0 Å². The summed E-state index contributed by atoms with van der Waals surface area (Å²) in [6.07, 6.45) is -15.1. The molecule has 2 aliphatic carbocycles. The Labute approximate surface area is 608 Å². The first-order chi connectivity index (χ1) is 58.3. The van der Waals surface area contributed by atoms with Crippen molar-refractivity contribution in [3.63, 3.8) is 0 Å². The molecule has 2 aliphatic rings. The fraction of sp³-hybridized carbons (Fsp3) is 0.378. The van der Waals surface area contributed by atoms with Crippen LogP contribution in [0.25, 0.3) is 22.3 Å². The van der Waals surface area contributed by atoms with Gasteiger partial charge >= 0.3 is 12.4 Å². The van der Waals surface area contributed by atoms with Crippen molar-refractivity contribution in [1.29, 1.82) is 0 Å². The van der Waals surface area contributed by atoms with Crippen LogP contribution in [0, 0.1) is 24.5 Å². The standard InChI is InChI=1S/2C37H40F4N4O2S/c1-4-43(5-2)18-19-44(22-26-6-10-28(11-7-26)29-12-14-30(15-13-29)37(39,40)41)34(46)23-45-33-21-25(3)20-32(33)35(47)42-36(45)48-24-27-8-16-31(38)17-9-27;1-4-43(5-2)19-20-44(22-26-9-13-28(14-10-26)29-15-18-32(25(3)21-29)37(39,40)41)34(46)23-45-33-8-6-7-31(33)35(47)42-36(45)48-24-27-11-16-30(38)17-12-27/h6-17,25H,4-5,18-24H2,1-3H3;9-18,21H,4-8,19-20,22-24H2,1-3H3/i4D2,5D2,8D,9D,16D,17D,20D2,21D2,22D2,25D;4D2,5D2,9D,10D,11D,12D,13D,14D,15D,16D,17D,18D,21D,22D2. The maximum Gasteiger partial charge on any atom is 0.416 e. The van der Waals surface area contributed by atoms with Gasteiger partial charge in [-0.15, -0.1) is 0 Å². The van der Waals surface area contributed by atoms with E-state index in [1.165, 1.54) is 41.0 Å². The second kappa shape index (κ2) is 32.9. The minimum absolute atomic E-state index is 0.178. The molecule has 0 aliphatic heterocycles. The van der Waals surface area contributed by atoms with Crippen molar-refractivity contribution in [2.75, 3.05) is 52.2 Å². The van der Waals surface area contributed by atoms with Gasteiger partial charge in [-0.1, -0.05) is 155 Å². The Kier molecular flexibility index (Phi) is 13.9. The van der Waals surface area contributed by atoms with Crippen molar-refractivity contribution in [3.8, 4) is 22.3 Å². The smallest absolute Gasteiger partial charge is 0.336 e. The Morgan fingerprint density at radius 2 is 1.03 bits per heavy atom. The molecule has 0 radical (unpaired) electrons. The normalized spacial score (nSPS) is 21.1. The third-order valence-electron chi connectivity index (χ3n) is 14.4. The second-order valence-electron chi connectivity index (χ2n) is 20.8. The molecule has 0 bridgehead atoms. The molecule has 22 heteroatoms. The van der Waals surface area contributed by atoms with Crippen LogP contribution in [0.3, 0.4) is 0 Å². The topological polar surface area (TPSA) is 117 Å². The van der Waals surface area contributed by atoms with Crippen molar-refractivity contribution in [2.24, 2.45) is 5.89 Å². The molecule has 0 spiro atoms. The number of alkyl halides is 6. The van der Waals surface area contributed by atoms with Gasteiger partial charge in [-0.2, -0.15) is 36.3 Å². The van der Waals surface area contributed by atoms with Gasteiger partial charge in [0.15, 0.2) is 10.3 Å². The van der Waals surface area contributed by atoms with Crippen LogP contribution < -0.4 is 11.1 Å². The van der Waals surface area contributed by atoms with Gasteiger partial charge in [0, 0.05) is 91.0 Å². The average molecular weight is 1390 g/mol. The van der Waals surface area contributed by atoms with Crippen molar-refractivity contribution in [2.45, 2.75) is 134 Å². The number of halogens is 8. The lowest BCUT2D eigenvalue weighted by atomic mass is 9.98. The molecular formula is C74H80F8N8O4S2. The number of likely N-dealkylation sites (N-methyl/N-ethyl adjacent to an activating group) is 2. The molecule has 8 aromatic rings. The highest BCUT2D eigenvalue weighted by atomic mass is 32.2. The quantitative estimate of drug-likeness (QED) is 0.0295. The van der Waals surface area contributed by atoms with E-state index in [-0.39, 0.29) is 40.4 Å². The highest BCUT2D eigenvalue weighted by Crippen LogP contribution is 2.36. The lowest BCUT2D eigenvalue weighted by molar-refractivity contribution is -0.138. The molecule has 508 valence electrons. The highest BCUT2D eigenvalue weighted by Gasteiger charge is 2.34. The number of benzene rings is 6. The van der Waals surface area contributed by atoms with Crippen LogP contribution in [-0.4, -0.2) is 103 Å². The van der Waals surface area contributed by atoms with E-state index in [0.29, 0.717) is 60.7 Å². The summed E-state index contributed by atoms with van der Waals surface area (Å²) in [5.41, 5.74) is -10.00. The van der Waals surface area contributed by atoms with Gasteiger partial charge in [-0.3, -0.25) is 19.2 Å². The number of amides is 2. The minimum Gasteiger partial charge on any atom is -0.336 e. The summed E-state index contributed by atoms with van der Waals surface area (Å²) >= 11 is 1.12. The summed E-state index contributed by atoms with van der Waals surface area (Å²) in [7, 11) is 0. The zero-order chi connectivity index (χ0) is 97.2. The number of nitrogens with zero attached hydrogens (tertiary/aromatic N) is 8. The Hall–Kier alpha value is -7.92. The molecule has 0 N–H and O–H groups in total. The first kappa shape index (κ1) is 40.7. The van der Waals surface area contributed by atoms with Crippen molar-refractivity contribution < 1.29 is 88.6 Å². The molecule has 6 aromatic carbocycles. The average Bonchev–Trinajstić information content (AvgIpc) is 1.53. The van der Waals surface area contributed by atoms with E-state index in [0.717, 1.165) is 58.2 Å². The lowest BCUT2D eigenvalue weighted by Gasteiger charge is -2.28. The van der Waals surface area contributed by atoms with E-state index in [2.05, 4.69) is 9.97 Å². The summed E-state index contributed by atoms with van der Waals surface area (Å²) in [5.74, 6) is -9.14. The monoisotopic (exact) mass is 1390 g/mol. The van der Waals surface area contributed by atoms with Gasteiger partial charge in [0.2, 0.25) is 11.8 Å². The van der Waals surface area contributed by atoms with Crippen LogP contribution in [0.15, 0.2) is 159 Å². The Bertz CT molecular complexity index is 5710. The Balaban J connectivity index is 0.000000289. The van der Waals surface area contributed by atoms with Gasteiger partial charge in [0.1, 0.15) is 24.7 Å². The molecule has 2 heterocycles. The van der Waals surface area contributed by atoms with E-state index < -0.39 is 301 Å². The predicted octanol–water partition coefficient (Wildman–Crippen LogP) is 15.0. The molecule has 12 nitrogen and oxygen atoms in total. The van der Waals surface area contributed by atoms with Crippen LogP contribution in [-0.2, 0) is 85.1 Å². The van der Waals surface area contributed by atoms with Crippen LogP contribution in [0.4, 0.5) is 35.1 Å². The predicted molar refractivity (Wildman–Crippen MR) is 362 cm³/mol. The van der Waals surface area contributed by atoms with Gasteiger partial charge in [0.25, 0.3) is 11.1 Å². The summed E-state index contributed by atoms with van der Waals surface area (Å²) in [5, 5.41) is -0.822. The van der Waals surface area contributed by atoms with Crippen molar-refractivity contribution in [1.82, 2.24) is 38.7 Å². The van der Waals surface area contributed by atoms with Crippen molar-refractivity contribution in [3.05, 3.63) is 233 Å². The number of hydrogen-bond donors (Lipinski definition) is 0. The summed E-state index contributed by atoms with van der Waals surface area (Å²) in [6.45, 7) is -15.5. The third kappa shape index (κ3) is 19.0. The summed E-state index contributed by atoms with van der Waals surface area (Å²) < 4.78 is 384. The summed E-state index contributed by atoms with van der Waals surface area (Å²) in [6, 6.07) is -6.27. The lowest BCUT2D eigenvalue weighted by Crippen LogP contribution is -2.40. The molecule has 1 unspecified atom stereocenters. The number of fused-ring (bicyclic) bond motifs is 2. The minimum atomic E-state index is -5.19. The Morgan fingerprint density at radius 1 is 0.573 bits per heavy atom. The van der Waals surface area contributed by atoms with Crippen LogP contribution in [0.1, 0.15) is 146 Å². The van der Waals surface area contributed by atoms with Gasteiger partial charge in [-0.25, -0.2) is 8.78 Å². The molecule has 96 heavy (non-hydrogen) atoms. The van der Waals surface area contributed by atoms with E-state index in [4.69, 9.17) is 38.4 Å². The first-order valence-electron chi connectivity index (χ1n) is 45.1. The molecule has 10 rings (SSSR count). The summed E-state index contributed by atoms with van der Waals surface area (Å²) in [4.78, 5) is 66.6. The van der Waals surface area contributed by atoms with Gasteiger partial charge in [-0.05, 0) is 163 Å². The molecular weight excluding hydrogens is 1280 g/mol. The van der Waals surface area contributed by atoms with Crippen LogP contribution in [0.5, 0.6) is 0 Å². The number of carbonyl (C=O) groups is 2. The fourth-order valence-electron chi connectivity index (χ4n) is 9.63. The number of thioether (sulfide) groups is 2. The van der Waals surface area contributed by atoms with Gasteiger partial charge < -0.3 is 28.7 Å². The highest BCUT2D eigenvalue weighted by molar-refractivity contribution is 7.98. The molecule has 0 saturated carbocycles. The molecule has 2 aromatic heterocycles.